The Morgan fingerprint density at radius 2 is 2.19 bits per heavy atom. The highest BCUT2D eigenvalue weighted by Gasteiger charge is 2.22. The molecule has 0 spiro atoms. The Labute approximate surface area is 128 Å². The van der Waals surface area contributed by atoms with Crippen LogP contribution in [-0.4, -0.2) is 37.7 Å². The first-order chi connectivity index (χ1) is 10.2. The van der Waals surface area contributed by atoms with E-state index in [1.807, 2.05) is 24.3 Å². The first kappa shape index (κ1) is 15.9. The fraction of sp³-hybridized carbons (Fsp3) is 0.556. The fourth-order valence-corrected chi connectivity index (χ4v) is 2.66. The van der Waals surface area contributed by atoms with Crippen molar-refractivity contribution in [3.63, 3.8) is 0 Å². The van der Waals surface area contributed by atoms with Gasteiger partial charge in [-0.15, -0.1) is 0 Å². The molecule has 1 aliphatic heterocycles. The Kier molecular flexibility index (Phi) is 6.10. The van der Waals surface area contributed by atoms with Crippen molar-refractivity contribution in [2.24, 2.45) is 17.6 Å². The van der Waals surface area contributed by atoms with E-state index >= 15 is 0 Å². The molecule has 1 fully saturated rings. The molecule has 114 valence electrons. The predicted molar refractivity (Wildman–Crippen MR) is 87.3 cm³/mol. The van der Waals surface area contributed by atoms with Gasteiger partial charge in [-0.2, -0.15) is 0 Å². The van der Waals surface area contributed by atoms with Crippen molar-refractivity contribution in [2.45, 2.75) is 20.3 Å². The molecule has 2 atom stereocenters. The summed E-state index contributed by atoms with van der Waals surface area (Å²) in [6, 6.07) is 7.90. The molecule has 0 bridgehead atoms. The molecule has 1 aliphatic rings. The highest BCUT2D eigenvalue weighted by molar-refractivity contribution is 5.39. The first-order valence-electron chi connectivity index (χ1n) is 7.83. The zero-order valence-electron chi connectivity index (χ0n) is 13.1. The van der Waals surface area contributed by atoms with E-state index in [0.29, 0.717) is 6.54 Å². The minimum Gasteiger partial charge on any atom is -0.492 e. The third-order valence-electron chi connectivity index (χ3n) is 4.26. The maximum Gasteiger partial charge on any atom is 0.120 e. The zero-order valence-corrected chi connectivity index (χ0v) is 13.1. The monoisotopic (exact) mass is 286 g/mol. The third kappa shape index (κ3) is 5.08. The normalized spacial score (nSPS) is 22.4. The van der Waals surface area contributed by atoms with Crippen LogP contribution in [0.4, 0.5) is 0 Å². The van der Waals surface area contributed by atoms with Gasteiger partial charge in [0.25, 0.3) is 0 Å². The summed E-state index contributed by atoms with van der Waals surface area (Å²) in [5, 5.41) is 0. The van der Waals surface area contributed by atoms with E-state index in [1.165, 1.54) is 19.5 Å². The van der Waals surface area contributed by atoms with Crippen molar-refractivity contribution in [1.82, 2.24) is 4.90 Å². The van der Waals surface area contributed by atoms with Gasteiger partial charge in [0.05, 0.1) is 6.54 Å². The van der Waals surface area contributed by atoms with Gasteiger partial charge < -0.3 is 10.5 Å². The van der Waals surface area contributed by atoms with E-state index < -0.39 is 0 Å². The molecule has 0 aromatic heterocycles. The van der Waals surface area contributed by atoms with Gasteiger partial charge in [-0.1, -0.05) is 31.8 Å². The predicted octanol–water partition coefficient (Wildman–Crippen LogP) is 2.35. The van der Waals surface area contributed by atoms with E-state index in [9.17, 15) is 0 Å². The second-order valence-corrected chi connectivity index (χ2v) is 5.93. The lowest BCUT2D eigenvalue weighted by Gasteiger charge is -2.35. The number of ether oxygens (including phenoxy) is 1. The van der Waals surface area contributed by atoms with Crippen molar-refractivity contribution in [3.05, 3.63) is 29.8 Å². The SMILES string of the molecule is CC1CCN(CCOc2cccc(C#CCN)c2)CC1C. The molecule has 1 aromatic rings. The summed E-state index contributed by atoms with van der Waals surface area (Å²) in [5.41, 5.74) is 6.34. The zero-order chi connectivity index (χ0) is 15.1. The van der Waals surface area contributed by atoms with Gasteiger partial charge in [0.2, 0.25) is 0 Å². The van der Waals surface area contributed by atoms with Crippen LogP contribution in [0.15, 0.2) is 24.3 Å². The van der Waals surface area contributed by atoms with Gasteiger partial charge in [-0.25, -0.2) is 0 Å². The Morgan fingerprint density at radius 1 is 1.33 bits per heavy atom. The average molecular weight is 286 g/mol. The summed E-state index contributed by atoms with van der Waals surface area (Å²) in [5.74, 6) is 8.41. The lowest BCUT2D eigenvalue weighted by atomic mass is 9.89. The van der Waals surface area contributed by atoms with Gasteiger partial charge in [0.1, 0.15) is 12.4 Å². The maximum absolute atomic E-state index is 5.85. The Morgan fingerprint density at radius 3 is 2.95 bits per heavy atom. The average Bonchev–Trinajstić information content (AvgIpc) is 2.49. The van der Waals surface area contributed by atoms with Crippen molar-refractivity contribution in [1.29, 1.82) is 0 Å². The number of hydrogen-bond donors (Lipinski definition) is 1. The van der Waals surface area contributed by atoms with E-state index in [-0.39, 0.29) is 0 Å². The molecule has 0 amide bonds. The van der Waals surface area contributed by atoms with Crippen LogP contribution in [0.1, 0.15) is 25.8 Å². The maximum atomic E-state index is 5.85. The van der Waals surface area contributed by atoms with E-state index in [0.717, 1.165) is 36.3 Å². The summed E-state index contributed by atoms with van der Waals surface area (Å²) in [4.78, 5) is 2.50. The molecule has 1 aromatic carbocycles. The summed E-state index contributed by atoms with van der Waals surface area (Å²) in [6.07, 6.45) is 1.30. The van der Waals surface area contributed by atoms with Crippen molar-refractivity contribution in [3.8, 4) is 17.6 Å². The van der Waals surface area contributed by atoms with E-state index in [4.69, 9.17) is 10.5 Å². The van der Waals surface area contributed by atoms with Crippen LogP contribution in [0.25, 0.3) is 0 Å². The topological polar surface area (TPSA) is 38.5 Å². The van der Waals surface area contributed by atoms with Crippen LogP contribution in [0.5, 0.6) is 5.75 Å². The lowest BCUT2D eigenvalue weighted by molar-refractivity contribution is 0.119. The van der Waals surface area contributed by atoms with Crippen LogP contribution in [-0.2, 0) is 0 Å². The highest BCUT2D eigenvalue weighted by atomic mass is 16.5. The molecule has 0 aliphatic carbocycles. The molecule has 0 radical (unpaired) electrons. The van der Waals surface area contributed by atoms with Crippen molar-refractivity contribution >= 4 is 0 Å². The third-order valence-corrected chi connectivity index (χ3v) is 4.26. The van der Waals surface area contributed by atoms with Crippen LogP contribution in [0.2, 0.25) is 0 Å². The van der Waals surface area contributed by atoms with Crippen LogP contribution in [0, 0.1) is 23.7 Å². The molecule has 1 saturated heterocycles. The molecule has 1 heterocycles. The van der Waals surface area contributed by atoms with Gasteiger partial charge >= 0.3 is 0 Å². The highest BCUT2D eigenvalue weighted by Crippen LogP contribution is 2.22. The number of nitrogens with two attached hydrogens (primary N) is 1. The van der Waals surface area contributed by atoms with Gasteiger partial charge in [-0.3, -0.25) is 4.90 Å². The molecule has 2 unspecified atom stereocenters. The van der Waals surface area contributed by atoms with Crippen molar-refractivity contribution in [2.75, 3.05) is 32.8 Å². The summed E-state index contributed by atoms with van der Waals surface area (Å²) >= 11 is 0. The van der Waals surface area contributed by atoms with Crippen LogP contribution in [0.3, 0.4) is 0 Å². The Bertz CT molecular complexity index is 503. The Hall–Kier alpha value is -1.50. The van der Waals surface area contributed by atoms with Gasteiger partial charge in [0, 0.05) is 18.7 Å². The molecule has 21 heavy (non-hydrogen) atoms. The fourth-order valence-electron chi connectivity index (χ4n) is 2.66. The van der Waals surface area contributed by atoms with Crippen molar-refractivity contribution < 1.29 is 4.74 Å². The molecular formula is C18H26N2O. The second-order valence-electron chi connectivity index (χ2n) is 5.93. The number of piperidine rings is 1. The number of hydrogen-bond acceptors (Lipinski definition) is 3. The van der Waals surface area contributed by atoms with Crippen LogP contribution < -0.4 is 10.5 Å². The summed E-state index contributed by atoms with van der Waals surface area (Å²) in [6.45, 7) is 9.19. The second kappa shape index (κ2) is 8.07. The smallest absolute Gasteiger partial charge is 0.120 e. The first-order valence-corrected chi connectivity index (χ1v) is 7.83. The number of nitrogens with zero attached hydrogens (tertiary/aromatic N) is 1. The van der Waals surface area contributed by atoms with E-state index in [2.05, 4.69) is 30.6 Å². The summed E-state index contributed by atoms with van der Waals surface area (Å²) < 4.78 is 5.85. The molecule has 3 nitrogen and oxygen atoms in total. The lowest BCUT2D eigenvalue weighted by Crippen LogP contribution is -2.40. The quantitative estimate of drug-likeness (QED) is 0.864. The number of rotatable bonds is 4. The van der Waals surface area contributed by atoms with Gasteiger partial charge in [-0.05, 0) is 43.0 Å². The van der Waals surface area contributed by atoms with Gasteiger partial charge in [0.15, 0.2) is 0 Å². The van der Waals surface area contributed by atoms with Crippen LogP contribution >= 0.6 is 0 Å². The largest absolute Gasteiger partial charge is 0.492 e. The van der Waals surface area contributed by atoms with E-state index in [1.54, 1.807) is 0 Å². The molecule has 2 N–H and O–H groups in total. The molecule has 2 rings (SSSR count). The Balaban J connectivity index is 1.78. The number of likely N-dealkylation sites (tertiary alicyclic amines) is 1. The standard InChI is InChI=1S/C18H26N2O/c1-15-8-10-20(14-16(15)2)11-12-21-18-7-3-5-17(13-18)6-4-9-19/h3,5,7,13,15-16H,8-12,14,19H2,1-2H3. The molecular weight excluding hydrogens is 260 g/mol. The molecule has 3 heteroatoms. The minimum atomic E-state index is 0.386. The molecule has 0 saturated carbocycles. The minimum absolute atomic E-state index is 0.386. The summed E-state index contributed by atoms with van der Waals surface area (Å²) in [7, 11) is 0. The number of benzene rings is 1.